The Morgan fingerprint density at radius 1 is 1.18 bits per heavy atom. The van der Waals surface area contributed by atoms with E-state index in [1.165, 1.54) is 35.3 Å². The summed E-state index contributed by atoms with van der Waals surface area (Å²) in [5, 5.41) is 1.04. The monoisotopic (exact) mass is 478 g/mol. The molecule has 0 radical (unpaired) electrons. The molecule has 180 valence electrons. The largest absolute Gasteiger partial charge is 0.493 e. The highest BCUT2D eigenvalue weighted by atomic mass is 32.1. The van der Waals surface area contributed by atoms with Crippen molar-refractivity contribution >= 4 is 27.3 Å². The van der Waals surface area contributed by atoms with Gasteiger partial charge in [-0.05, 0) is 86.5 Å². The summed E-state index contributed by atoms with van der Waals surface area (Å²) >= 11 is 1.53. The molecule has 1 amide bonds. The van der Waals surface area contributed by atoms with E-state index in [4.69, 9.17) is 9.47 Å². The normalized spacial score (nSPS) is 16.8. The summed E-state index contributed by atoms with van der Waals surface area (Å²) in [7, 11) is 3.57. The Morgan fingerprint density at radius 2 is 2.03 bits per heavy atom. The number of nitrogens with zero attached hydrogens (tertiary/aromatic N) is 2. The van der Waals surface area contributed by atoms with Crippen LogP contribution in [-0.2, 0) is 6.42 Å². The van der Waals surface area contributed by atoms with Crippen LogP contribution in [0.4, 0.5) is 0 Å². The van der Waals surface area contributed by atoms with E-state index in [-0.39, 0.29) is 5.91 Å². The average Bonchev–Trinajstić information content (AvgIpc) is 3.31. The van der Waals surface area contributed by atoms with Gasteiger partial charge in [0.1, 0.15) is 11.5 Å². The van der Waals surface area contributed by atoms with Crippen molar-refractivity contribution in [3.63, 3.8) is 0 Å². The van der Waals surface area contributed by atoms with Gasteiger partial charge >= 0.3 is 0 Å². The summed E-state index contributed by atoms with van der Waals surface area (Å²) in [6.45, 7) is 4.90. The minimum absolute atomic E-state index is 0.0410. The van der Waals surface area contributed by atoms with Crippen molar-refractivity contribution in [2.24, 2.45) is 0 Å². The number of carbonyl (C=O) groups excluding carboxylic acids is 1. The predicted octanol–water partition coefficient (Wildman–Crippen LogP) is 5.58. The Kier molecular flexibility index (Phi) is 7.07. The topological polar surface area (TPSA) is 42.0 Å². The molecule has 0 N–H and O–H groups in total. The fourth-order valence-corrected chi connectivity index (χ4v) is 6.18. The molecule has 6 heteroatoms. The smallest absolute Gasteiger partial charge is 0.263 e. The van der Waals surface area contributed by atoms with Crippen LogP contribution >= 0.6 is 11.3 Å². The van der Waals surface area contributed by atoms with E-state index in [1.807, 2.05) is 18.2 Å². The molecule has 1 saturated heterocycles. The fourth-order valence-electron chi connectivity index (χ4n) is 5.08. The highest BCUT2D eigenvalue weighted by molar-refractivity contribution is 7.20. The van der Waals surface area contributed by atoms with Gasteiger partial charge in [0.25, 0.3) is 5.91 Å². The van der Waals surface area contributed by atoms with Crippen LogP contribution in [0.15, 0.2) is 42.5 Å². The standard InChI is InChI=1S/C28H34N2O3S/c1-29(2)28(31)27-19-23-25(7-3-8-26(23)34-27)33-17-5-13-30-14-11-20(12-15-30)21-9-10-24-22(18-21)6-4-16-32-24/h3,7-10,18-20H,4-6,11-17H2,1-2H3. The van der Waals surface area contributed by atoms with Gasteiger partial charge < -0.3 is 19.3 Å². The first-order valence-corrected chi connectivity index (χ1v) is 13.2. The van der Waals surface area contributed by atoms with Crippen LogP contribution < -0.4 is 9.47 Å². The fraction of sp³-hybridized carbons (Fsp3) is 0.464. The van der Waals surface area contributed by atoms with Gasteiger partial charge in [0.05, 0.1) is 18.1 Å². The third-order valence-electron chi connectivity index (χ3n) is 7.01. The van der Waals surface area contributed by atoms with Crippen molar-refractivity contribution in [3.8, 4) is 11.5 Å². The molecule has 2 aliphatic rings. The van der Waals surface area contributed by atoms with Gasteiger partial charge in [0.2, 0.25) is 0 Å². The maximum atomic E-state index is 12.3. The second-order valence-corrected chi connectivity index (χ2v) is 10.7. The molecule has 0 spiro atoms. The summed E-state index contributed by atoms with van der Waals surface area (Å²) in [5.41, 5.74) is 2.88. The Hall–Kier alpha value is -2.57. The van der Waals surface area contributed by atoms with Crippen LogP contribution in [0.25, 0.3) is 10.1 Å². The first-order valence-electron chi connectivity index (χ1n) is 12.4. The van der Waals surface area contributed by atoms with Crippen LogP contribution in [0.1, 0.15) is 52.4 Å². The summed E-state index contributed by atoms with van der Waals surface area (Å²) in [4.78, 5) is 17.3. The lowest BCUT2D eigenvalue weighted by atomic mass is 9.87. The maximum Gasteiger partial charge on any atom is 0.263 e. The number of hydrogen-bond acceptors (Lipinski definition) is 5. The molecule has 0 saturated carbocycles. The number of piperidine rings is 1. The van der Waals surface area contributed by atoms with Crippen LogP contribution in [0.2, 0.25) is 0 Å². The summed E-state index contributed by atoms with van der Waals surface area (Å²) in [5.74, 6) is 2.67. The quantitative estimate of drug-likeness (QED) is 0.416. The minimum Gasteiger partial charge on any atom is -0.493 e. The molecule has 34 heavy (non-hydrogen) atoms. The third kappa shape index (κ3) is 5.08. The zero-order chi connectivity index (χ0) is 23.5. The van der Waals surface area contributed by atoms with Crippen LogP contribution in [0.5, 0.6) is 11.5 Å². The summed E-state index contributed by atoms with van der Waals surface area (Å²) in [6.07, 6.45) is 5.72. The van der Waals surface area contributed by atoms with Crippen molar-refractivity contribution in [2.45, 2.75) is 38.0 Å². The maximum absolute atomic E-state index is 12.3. The molecule has 0 atom stereocenters. The summed E-state index contributed by atoms with van der Waals surface area (Å²) < 4.78 is 13.0. The minimum atomic E-state index is 0.0410. The van der Waals surface area contributed by atoms with E-state index in [0.29, 0.717) is 12.5 Å². The number of thiophene rings is 1. The Morgan fingerprint density at radius 3 is 2.85 bits per heavy atom. The van der Waals surface area contributed by atoms with Crippen LogP contribution in [-0.4, -0.2) is 62.7 Å². The van der Waals surface area contributed by atoms with E-state index in [0.717, 1.165) is 72.0 Å². The first kappa shape index (κ1) is 23.2. The zero-order valence-electron chi connectivity index (χ0n) is 20.2. The van der Waals surface area contributed by atoms with Crippen molar-refractivity contribution in [1.29, 1.82) is 0 Å². The number of hydrogen-bond donors (Lipinski definition) is 0. The molecule has 0 unspecified atom stereocenters. The molecule has 5 rings (SSSR count). The molecule has 0 bridgehead atoms. The number of likely N-dealkylation sites (tertiary alicyclic amines) is 1. The zero-order valence-corrected chi connectivity index (χ0v) is 21.0. The van der Waals surface area contributed by atoms with Crippen molar-refractivity contribution in [2.75, 3.05) is 46.9 Å². The molecule has 5 nitrogen and oxygen atoms in total. The lowest BCUT2D eigenvalue weighted by molar-refractivity contribution is 0.0832. The molecule has 3 aromatic rings. The lowest BCUT2D eigenvalue weighted by Gasteiger charge is -2.32. The van der Waals surface area contributed by atoms with Crippen LogP contribution in [0, 0.1) is 0 Å². The average molecular weight is 479 g/mol. The molecule has 0 aliphatic carbocycles. The van der Waals surface area contributed by atoms with Gasteiger partial charge in [-0.2, -0.15) is 0 Å². The SMILES string of the molecule is CN(C)C(=O)c1cc2c(OCCCN3CCC(c4ccc5c(c4)CCCO5)CC3)cccc2s1. The van der Waals surface area contributed by atoms with Crippen LogP contribution in [0.3, 0.4) is 0 Å². The van der Waals surface area contributed by atoms with Gasteiger partial charge in [0, 0.05) is 30.7 Å². The highest BCUT2D eigenvalue weighted by Crippen LogP contribution is 2.34. The molecule has 2 aliphatic heterocycles. The molecule has 3 heterocycles. The van der Waals surface area contributed by atoms with E-state index >= 15 is 0 Å². The lowest BCUT2D eigenvalue weighted by Crippen LogP contribution is -2.34. The number of fused-ring (bicyclic) bond motifs is 2. The number of benzene rings is 2. The van der Waals surface area contributed by atoms with Gasteiger partial charge in [0.15, 0.2) is 0 Å². The third-order valence-corrected chi connectivity index (χ3v) is 8.09. The number of rotatable bonds is 7. The van der Waals surface area contributed by atoms with Crippen molar-refractivity contribution in [1.82, 2.24) is 9.80 Å². The van der Waals surface area contributed by atoms with Crippen molar-refractivity contribution < 1.29 is 14.3 Å². The van der Waals surface area contributed by atoms with E-state index in [1.54, 1.807) is 19.0 Å². The molecular weight excluding hydrogens is 444 g/mol. The second kappa shape index (κ2) is 10.4. The molecular formula is C28H34N2O3S. The second-order valence-electron chi connectivity index (χ2n) is 9.62. The highest BCUT2D eigenvalue weighted by Gasteiger charge is 2.22. The number of ether oxygens (including phenoxy) is 2. The molecule has 1 aromatic heterocycles. The number of amides is 1. The van der Waals surface area contributed by atoms with Gasteiger partial charge in [-0.15, -0.1) is 11.3 Å². The van der Waals surface area contributed by atoms with Gasteiger partial charge in [-0.1, -0.05) is 18.2 Å². The van der Waals surface area contributed by atoms with Crippen molar-refractivity contribution in [3.05, 3.63) is 58.5 Å². The summed E-state index contributed by atoms with van der Waals surface area (Å²) in [6, 6.07) is 14.9. The Balaban J connectivity index is 1.10. The Labute approximate surface area is 206 Å². The van der Waals surface area contributed by atoms with Gasteiger partial charge in [-0.25, -0.2) is 0 Å². The van der Waals surface area contributed by atoms with E-state index < -0.39 is 0 Å². The number of aryl methyl sites for hydroxylation is 1. The van der Waals surface area contributed by atoms with Gasteiger partial charge in [-0.3, -0.25) is 4.79 Å². The molecule has 2 aromatic carbocycles. The Bertz CT molecular complexity index is 1150. The van der Waals surface area contributed by atoms with E-state index in [2.05, 4.69) is 29.2 Å². The molecule has 1 fully saturated rings. The first-order chi connectivity index (χ1) is 16.6. The number of carbonyl (C=O) groups is 1. The predicted molar refractivity (Wildman–Crippen MR) is 139 cm³/mol. The van der Waals surface area contributed by atoms with E-state index in [9.17, 15) is 4.79 Å².